The first kappa shape index (κ1) is 11.1. The summed E-state index contributed by atoms with van der Waals surface area (Å²) in [5, 5.41) is 18.6. The highest BCUT2D eigenvalue weighted by Gasteiger charge is 2.31. The minimum Gasteiger partial charge on any atom is -0.385 e. The molecule has 1 aliphatic carbocycles. The molecule has 0 amide bonds. The average Bonchev–Trinajstić information content (AvgIpc) is 2.28. The lowest BCUT2D eigenvalue weighted by molar-refractivity contribution is -0.124. The minimum absolute atomic E-state index is 0.00283. The van der Waals surface area contributed by atoms with Gasteiger partial charge in [0.15, 0.2) is 5.78 Å². The number of carbonyl (C=O) groups is 1. The van der Waals surface area contributed by atoms with Crippen LogP contribution in [0.5, 0.6) is 0 Å². The molecule has 3 heteroatoms. The fourth-order valence-electron chi connectivity index (χ4n) is 1.17. The molecule has 0 unspecified atom stereocenters. The van der Waals surface area contributed by atoms with Gasteiger partial charge in [-0.3, -0.25) is 4.79 Å². The molecule has 14 heavy (non-hydrogen) atoms. The first-order valence-corrected chi connectivity index (χ1v) is 4.62. The van der Waals surface area contributed by atoms with Gasteiger partial charge in [0, 0.05) is 0 Å². The molecule has 0 aromatic heterocycles. The molecule has 0 heterocycles. The van der Waals surface area contributed by atoms with Gasteiger partial charge in [0.05, 0.1) is 0 Å². The van der Waals surface area contributed by atoms with Crippen molar-refractivity contribution >= 4 is 5.78 Å². The van der Waals surface area contributed by atoms with E-state index in [2.05, 4.69) is 0 Å². The summed E-state index contributed by atoms with van der Waals surface area (Å²) in [4.78, 5) is 11.0. The first-order chi connectivity index (χ1) is 6.31. The quantitative estimate of drug-likeness (QED) is 0.652. The van der Waals surface area contributed by atoms with Crippen LogP contribution in [0.2, 0.25) is 0 Å². The molecule has 2 N–H and O–H groups in total. The normalized spacial score (nSPS) is 28.6. The van der Waals surface area contributed by atoms with Crippen molar-refractivity contribution in [3.63, 3.8) is 0 Å². The highest BCUT2D eigenvalue weighted by molar-refractivity contribution is 5.98. The Hall–Kier alpha value is -0.930. The summed E-state index contributed by atoms with van der Waals surface area (Å²) >= 11 is 0. The van der Waals surface area contributed by atoms with Gasteiger partial charge in [-0.1, -0.05) is 32.9 Å². The monoisotopic (exact) mass is 196 g/mol. The number of hydrogen-bond acceptors (Lipinski definition) is 3. The molecule has 0 aliphatic heterocycles. The summed E-state index contributed by atoms with van der Waals surface area (Å²) in [5.74, 6) is -0.425. The number of ketones is 1. The average molecular weight is 196 g/mol. The van der Waals surface area contributed by atoms with Gasteiger partial charge in [-0.25, -0.2) is 0 Å². The van der Waals surface area contributed by atoms with E-state index in [1.807, 2.05) is 26.8 Å². The highest BCUT2D eigenvalue weighted by atomic mass is 16.3. The van der Waals surface area contributed by atoms with E-state index in [0.29, 0.717) is 5.57 Å². The van der Waals surface area contributed by atoms with Gasteiger partial charge in [0.1, 0.15) is 12.2 Å². The maximum atomic E-state index is 11.0. The molecule has 3 nitrogen and oxygen atoms in total. The van der Waals surface area contributed by atoms with Gasteiger partial charge in [0.2, 0.25) is 0 Å². The summed E-state index contributed by atoms with van der Waals surface area (Å²) in [5.41, 5.74) is 0.481. The van der Waals surface area contributed by atoms with Crippen LogP contribution in [0, 0.1) is 5.41 Å². The summed E-state index contributed by atoms with van der Waals surface area (Å²) in [6.45, 7) is 6.05. The molecule has 0 bridgehead atoms. The van der Waals surface area contributed by atoms with Crippen molar-refractivity contribution in [2.24, 2.45) is 5.41 Å². The Labute approximate surface area is 83.8 Å². The molecule has 1 rings (SSSR count). The molecule has 0 fully saturated rings. The fraction of sp³-hybridized carbons (Fsp3) is 0.545. The third kappa shape index (κ3) is 2.53. The second kappa shape index (κ2) is 3.67. The molecule has 0 saturated heterocycles. The molecule has 0 radical (unpaired) electrons. The Kier molecular flexibility index (Phi) is 2.92. The van der Waals surface area contributed by atoms with E-state index in [0.717, 1.165) is 0 Å². The van der Waals surface area contributed by atoms with Crippen molar-refractivity contribution in [1.29, 1.82) is 0 Å². The highest BCUT2D eigenvalue weighted by Crippen LogP contribution is 2.21. The molecule has 0 saturated carbocycles. The van der Waals surface area contributed by atoms with Crippen LogP contribution in [-0.4, -0.2) is 28.2 Å². The van der Waals surface area contributed by atoms with Gasteiger partial charge < -0.3 is 10.2 Å². The minimum atomic E-state index is -1.28. The summed E-state index contributed by atoms with van der Waals surface area (Å²) < 4.78 is 0. The SMILES string of the molecule is CC(C)(C)/C=C/C1=CC(=O)[C@H](O)[C@H]1O. The van der Waals surface area contributed by atoms with Crippen molar-refractivity contribution in [1.82, 2.24) is 0 Å². The summed E-state index contributed by atoms with van der Waals surface area (Å²) in [6.07, 6.45) is 2.53. The Morgan fingerprint density at radius 3 is 2.21 bits per heavy atom. The lowest BCUT2D eigenvalue weighted by Crippen LogP contribution is -2.27. The van der Waals surface area contributed by atoms with E-state index >= 15 is 0 Å². The van der Waals surface area contributed by atoms with Gasteiger partial charge in [-0.2, -0.15) is 0 Å². The van der Waals surface area contributed by atoms with Gasteiger partial charge in [-0.05, 0) is 17.1 Å². The maximum absolute atomic E-state index is 11.0. The van der Waals surface area contributed by atoms with Crippen LogP contribution in [0.25, 0.3) is 0 Å². The van der Waals surface area contributed by atoms with Crippen LogP contribution in [0.4, 0.5) is 0 Å². The van der Waals surface area contributed by atoms with Gasteiger partial charge >= 0.3 is 0 Å². The topological polar surface area (TPSA) is 57.5 Å². The molecule has 0 aromatic carbocycles. The second-order valence-electron chi connectivity index (χ2n) is 4.64. The summed E-state index contributed by atoms with van der Waals surface area (Å²) in [6, 6.07) is 0. The number of hydrogen-bond donors (Lipinski definition) is 2. The van der Waals surface area contributed by atoms with Crippen LogP contribution in [0.1, 0.15) is 20.8 Å². The molecule has 1 aliphatic rings. The number of aliphatic hydroxyl groups excluding tert-OH is 2. The maximum Gasteiger partial charge on any atom is 0.187 e. The molecular formula is C11H16O3. The van der Waals surface area contributed by atoms with Crippen LogP contribution >= 0.6 is 0 Å². The smallest absolute Gasteiger partial charge is 0.187 e. The van der Waals surface area contributed by atoms with Crippen molar-refractivity contribution in [2.45, 2.75) is 33.0 Å². The van der Waals surface area contributed by atoms with E-state index in [4.69, 9.17) is 0 Å². The Bertz CT molecular complexity index is 294. The summed E-state index contributed by atoms with van der Waals surface area (Å²) in [7, 11) is 0. The van der Waals surface area contributed by atoms with E-state index in [1.165, 1.54) is 6.08 Å². The number of carbonyl (C=O) groups excluding carboxylic acids is 1. The predicted molar refractivity (Wildman–Crippen MR) is 53.7 cm³/mol. The molecule has 0 spiro atoms. The van der Waals surface area contributed by atoms with Crippen molar-refractivity contribution in [3.8, 4) is 0 Å². The number of allylic oxidation sites excluding steroid dienone is 1. The second-order valence-corrected chi connectivity index (χ2v) is 4.64. The van der Waals surface area contributed by atoms with Crippen molar-refractivity contribution in [3.05, 3.63) is 23.8 Å². The third-order valence-electron chi connectivity index (χ3n) is 2.02. The predicted octanol–water partition coefficient (Wildman–Crippen LogP) is 0.820. The lowest BCUT2D eigenvalue weighted by atomic mass is 9.95. The van der Waals surface area contributed by atoms with Crippen molar-refractivity contribution < 1.29 is 15.0 Å². The third-order valence-corrected chi connectivity index (χ3v) is 2.02. The zero-order valence-electron chi connectivity index (χ0n) is 8.69. The molecule has 78 valence electrons. The van der Waals surface area contributed by atoms with Crippen molar-refractivity contribution in [2.75, 3.05) is 0 Å². The van der Waals surface area contributed by atoms with E-state index < -0.39 is 18.0 Å². The van der Waals surface area contributed by atoms with Crippen LogP contribution in [0.3, 0.4) is 0 Å². The number of rotatable bonds is 1. The Morgan fingerprint density at radius 2 is 1.86 bits per heavy atom. The van der Waals surface area contributed by atoms with Crippen LogP contribution in [-0.2, 0) is 4.79 Å². The standard InChI is InChI=1S/C11H16O3/c1-11(2,3)5-4-7-6-8(12)10(14)9(7)13/h4-6,9-10,13-14H,1-3H3/b5-4+/t9-,10-/m0/s1. The first-order valence-electron chi connectivity index (χ1n) is 4.62. The Balaban J connectivity index is 2.77. The largest absolute Gasteiger partial charge is 0.385 e. The lowest BCUT2D eigenvalue weighted by Gasteiger charge is -2.13. The molecule has 0 aromatic rings. The zero-order valence-corrected chi connectivity index (χ0v) is 8.69. The Morgan fingerprint density at radius 1 is 1.29 bits per heavy atom. The van der Waals surface area contributed by atoms with Gasteiger partial charge in [0.25, 0.3) is 0 Å². The van der Waals surface area contributed by atoms with E-state index in [1.54, 1.807) is 6.08 Å². The zero-order chi connectivity index (χ0) is 10.9. The van der Waals surface area contributed by atoms with Crippen LogP contribution in [0.15, 0.2) is 23.8 Å². The fourth-order valence-corrected chi connectivity index (χ4v) is 1.17. The van der Waals surface area contributed by atoms with Gasteiger partial charge in [-0.15, -0.1) is 0 Å². The molecular weight excluding hydrogens is 180 g/mol. The van der Waals surface area contributed by atoms with E-state index in [9.17, 15) is 15.0 Å². The number of aliphatic hydroxyl groups is 2. The van der Waals surface area contributed by atoms with E-state index in [-0.39, 0.29) is 5.41 Å². The van der Waals surface area contributed by atoms with Crippen LogP contribution < -0.4 is 0 Å². The molecule has 2 atom stereocenters.